The van der Waals surface area contributed by atoms with Gasteiger partial charge in [-0.3, -0.25) is 9.89 Å². The van der Waals surface area contributed by atoms with E-state index in [0.29, 0.717) is 6.04 Å². The average Bonchev–Trinajstić information content (AvgIpc) is 3.47. The Bertz CT molecular complexity index is 768. The van der Waals surface area contributed by atoms with E-state index in [1.165, 1.54) is 0 Å². The molecule has 170 valence electrons. The lowest BCUT2D eigenvalue weighted by molar-refractivity contribution is 0.0394. The van der Waals surface area contributed by atoms with Crippen molar-refractivity contribution in [1.29, 1.82) is 0 Å². The van der Waals surface area contributed by atoms with Crippen molar-refractivity contribution in [1.82, 2.24) is 20.5 Å². The number of aliphatic imine (C=N–C) groups is 1. The summed E-state index contributed by atoms with van der Waals surface area (Å²) in [5, 5.41) is 7.11. The molecular weight excluding hydrogens is 507 g/mol. The van der Waals surface area contributed by atoms with Gasteiger partial charge in [-0.2, -0.15) is 0 Å². The van der Waals surface area contributed by atoms with Crippen molar-refractivity contribution in [2.24, 2.45) is 4.99 Å². The third-order valence-electron chi connectivity index (χ3n) is 5.54. The highest BCUT2D eigenvalue weighted by molar-refractivity contribution is 14.0. The Kier molecular flexibility index (Phi) is 9.88. The second-order valence-electron chi connectivity index (χ2n) is 7.70. The molecule has 1 atom stereocenters. The van der Waals surface area contributed by atoms with Crippen LogP contribution in [0.2, 0.25) is 0 Å². The monoisotopic (exact) mass is 540 g/mol. The topological polar surface area (TPSA) is 78.2 Å². The first kappa shape index (κ1) is 23.8. The van der Waals surface area contributed by atoms with Gasteiger partial charge in [0.15, 0.2) is 5.96 Å². The molecule has 2 aromatic rings. The van der Waals surface area contributed by atoms with Crippen LogP contribution < -0.4 is 15.5 Å². The first-order chi connectivity index (χ1) is 14.9. The summed E-state index contributed by atoms with van der Waals surface area (Å²) in [6.07, 6.45) is 5.47. The highest BCUT2D eigenvalue weighted by atomic mass is 127. The van der Waals surface area contributed by atoms with Crippen molar-refractivity contribution in [2.75, 3.05) is 63.9 Å². The maximum absolute atomic E-state index is 5.44. The van der Waals surface area contributed by atoms with Gasteiger partial charge in [0.25, 0.3) is 0 Å². The molecule has 2 aliphatic heterocycles. The van der Waals surface area contributed by atoms with Crippen LogP contribution in [0.3, 0.4) is 0 Å². The number of nitrogens with one attached hydrogen (secondary N) is 2. The maximum Gasteiger partial charge on any atom is 0.191 e. The number of morpholine rings is 1. The molecule has 4 heterocycles. The Morgan fingerprint density at radius 2 is 2.06 bits per heavy atom. The number of anilines is 1. The van der Waals surface area contributed by atoms with Gasteiger partial charge in [-0.1, -0.05) is 6.07 Å². The molecule has 0 amide bonds. The van der Waals surface area contributed by atoms with Crippen LogP contribution >= 0.6 is 24.0 Å². The molecule has 0 aromatic carbocycles. The summed E-state index contributed by atoms with van der Waals surface area (Å²) in [5.41, 5.74) is 0. The number of aromatic nitrogens is 1. The van der Waals surface area contributed by atoms with E-state index >= 15 is 0 Å². The van der Waals surface area contributed by atoms with E-state index < -0.39 is 0 Å². The molecule has 31 heavy (non-hydrogen) atoms. The predicted molar refractivity (Wildman–Crippen MR) is 133 cm³/mol. The Balaban J connectivity index is 0.00000272. The van der Waals surface area contributed by atoms with Gasteiger partial charge in [0, 0.05) is 57.9 Å². The molecule has 1 unspecified atom stereocenters. The highest BCUT2D eigenvalue weighted by Gasteiger charge is 2.24. The Morgan fingerprint density at radius 1 is 1.16 bits per heavy atom. The number of ether oxygens (including phenoxy) is 1. The molecule has 4 rings (SSSR count). The zero-order valence-corrected chi connectivity index (χ0v) is 20.2. The van der Waals surface area contributed by atoms with Crippen LogP contribution in [0.1, 0.15) is 12.2 Å². The molecule has 2 saturated heterocycles. The first-order valence-electron chi connectivity index (χ1n) is 10.9. The number of rotatable bonds is 8. The molecular formula is C22H33IN6O2. The highest BCUT2D eigenvalue weighted by Crippen LogP contribution is 2.17. The molecule has 2 N–H and O–H groups in total. The van der Waals surface area contributed by atoms with Crippen LogP contribution in [0, 0.1) is 0 Å². The van der Waals surface area contributed by atoms with Gasteiger partial charge in [-0.05, 0) is 30.7 Å². The van der Waals surface area contributed by atoms with Crippen molar-refractivity contribution in [3.8, 4) is 0 Å². The number of furan rings is 1. The van der Waals surface area contributed by atoms with E-state index in [0.717, 1.165) is 89.4 Å². The van der Waals surface area contributed by atoms with Gasteiger partial charge in [-0.25, -0.2) is 4.98 Å². The summed E-state index contributed by atoms with van der Waals surface area (Å²) in [5.74, 6) is 2.90. The molecule has 0 aliphatic carbocycles. The second-order valence-corrected chi connectivity index (χ2v) is 7.70. The SMILES string of the molecule is I.c1ccc(N2CCC(NC(=NCCN3CCOCC3)NCCc3ccco3)C2)nc1. The standard InChI is InChI=1S/C22H32N6O2.HI/c1-2-8-23-21(5-1)28-11-7-19(18-28)26-22(24-9-6-20-4-3-15-30-20)25-10-12-27-13-16-29-17-14-27;/h1-5,8,15,19H,6-7,9-14,16-18H2,(H2,24,25,26);1H. The summed E-state index contributed by atoms with van der Waals surface area (Å²) < 4.78 is 10.9. The lowest BCUT2D eigenvalue weighted by atomic mass is 10.3. The fourth-order valence-electron chi connectivity index (χ4n) is 3.86. The van der Waals surface area contributed by atoms with Gasteiger partial charge in [-0.15, -0.1) is 24.0 Å². The molecule has 0 saturated carbocycles. The fourth-order valence-corrected chi connectivity index (χ4v) is 3.86. The predicted octanol–water partition coefficient (Wildman–Crippen LogP) is 1.98. The Morgan fingerprint density at radius 3 is 2.84 bits per heavy atom. The Hall–Kier alpha value is -1.85. The van der Waals surface area contributed by atoms with Gasteiger partial charge in [0.05, 0.1) is 26.0 Å². The largest absolute Gasteiger partial charge is 0.469 e. The van der Waals surface area contributed by atoms with Crippen molar-refractivity contribution in [2.45, 2.75) is 18.9 Å². The molecule has 0 bridgehead atoms. The summed E-state index contributed by atoms with van der Waals surface area (Å²) in [7, 11) is 0. The number of pyridine rings is 1. The van der Waals surface area contributed by atoms with E-state index in [-0.39, 0.29) is 24.0 Å². The van der Waals surface area contributed by atoms with Crippen LogP contribution in [0.4, 0.5) is 5.82 Å². The number of hydrogen-bond acceptors (Lipinski definition) is 6. The van der Waals surface area contributed by atoms with Gasteiger partial charge >= 0.3 is 0 Å². The van der Waals surface area contributed by atoms with E-state index in [1.54, 1.807) is 6.26 Å². The van der Waals surface area contributed by atoms with Crippen molar-refractivity contribution < 1.29 is 9.15 Å². The van der Waals surface area contributed by atoms with E-state index in [1.807, 2.05) is 30.5 Å². The van der Waals surface area contributed by atoms with Gasteiger partial charge < -0.3 is 24.7 Å². The molecule has 2 fully saturated rings. The molecule has 0 radical (unpaired) electrons. The molecule has 9 heteroatoms. The fraction of sp³-hybridized carbons (Fsp3) is 0.545. The number of hydrogen-bond donors (Lipinski definition) is 2. The zero-order chi connectivity index (χ0) is 20.4. The van der Waals surface area contributed by atoms with Crippen LogP contribution in [-0.4, -0.2) is 80.9 Å². The quantitative estimate of drug-likeness (QED) is 0.301. The summed E-state index contributed by atoms with van der Waals surface area (Å²) in [6.45, 7) is 8.07. The smallest absolute Gasteiger partial charge is 0.191 e. The molecule has 2 aromatic heterocycles. The number of halogens is 1. The normalized spacial score (nSPS) is 19.8. The number of nitrogens with zero attached hydrogens (tertiary/aromatic N) is 4. The zero-order valence-electron chi connectivity index (χ0n) is 17.9. The van der Waals surface area contributed by atoms with E-state index in [4.69, 9.17) is 14.1 Å². The summed E-state index contributed by atoms with van der Waals surface area (Å²) in [4.78, 5) is 14.1. The summed E-state index contributed by atoms with van der Waals surface area (Å²) in [6, 6.07) is 10.4. The second kappa shape index (κ2) is 12.9. The van der Waals surface area contributed by atoms with Crippen LogP contribution in [0.25, 0.3) is 0 Å². The Labute approximate surface area is 201 Å². The minimum absolute atomic E-state index is 0. The molecule has 8 nitrogen and oxygen atoms in total. The molecule has 2 aliphatic rings. The number of guanidine groups is 1. The van der Waals surface area contributed by atoms with E-state index in [2.05, 4.69) is 31.5 Å². The van der Waals surface area contributed by atoms with Crippen LogP contribution in [0.5, 0.6) is 0 Å². The van der Waals surface area contributed by atoms with Gasteiger partial charge in [0.1, 0.15) is 11.6 Å². The van der Waals surface area contributed by atoms with Crippen LogP contribution in [0.15, 0.2) is 52.2 Å². The van der Waals surface area contributed by atoms with Crippen molar-refractivity contribution in [3.63, 3.8) is 0 Å². The average molecular weight is 540 g/mol. The lowest BCUT2D eigenvalue weighted by Gasteiger charge is -2.26. The van der Waals surface area contributed by atoms with Gasteiger partial charge in [0.2, 0.25) is 0 Å². The lowest BCUT2D eigenvalue weighted by Crippen LogP contribution is -2.46. The van der Waals surface area contributed by atoms with Crippen LogP contribution in [-0.2, 0) is 11.2 Å². The third kappa shape index (κ3) is 7.65. The van der Waals surface area contributed by atoms with E-state index in [9.17, 15) is 0 Å². The minimum atomic E-state index is 0. The maximum atomic E-state index is 5.44. The minimum Gasteiger partial charge on any atom is -0.469 e. The molecule has 0 spiro atoms. The van der Waals surface area contributed by atoms with Crippen molar-refractivity contribution in [3.05, 3.63) is 48.6 Å². The third-order valence-corrected chi connectivity index (χ3v) is 5.54. The van der Waals surface area contributed by atoms with Crippen molar-refractivity contribution >= 4 is 35.8 Å². The summed E-state index contributed by atoms with van der Waals surface area (Å²) >= 11 is 0. The first-order valence-corrected chi connectivity index (χ1v) is 10.9.